The molecule has 5 nitrogen and oxygen atoms in total. The predicted octanol–water partition coefficient (Wildman–Crippen LogP) is 3.78. The summed E-state index contributed by atoms with van der Waals surface area (Å²) in [6.45, 7) is 0. The number of anilines is 2. The Morgan fingerprint density at radius 3 is 2.52 bits per heavy atom. The Morgan fingerprint density at radius 1 is 1.09 bits per heavy atom. The molecule has 0 saturated carbocycles. The van der Waals surface area contributed by atoms with Gasteiger partial charge in [-0.05, 0) is 24.3 Å². The van der Waals surface area contributed by atoms with Gasteiger partial charge in [-0.25, -0.2) is 4.99 Å². The minimum absolute atomic E-state index is 0.655. The smallest absolute Gasteiger partial charge is 0.210 e. The number of hydrogen-bond donors (Lipinski definition) is 1. The van der Waals surface area contributed by atoms with E-state index in [0.717, 1.165) is 23.1 Å². The van der Waals surface area contributed by atoms with Crippen molar-refractivity contribution >= 4 is 29.3 Å². The monoisotopic (exact) mass is 330 g/mol. The van der Waals surface area contributed by atoms with E-state index in [2.05, 4.69) is 10.3 Å². The lowest BCUT2D eigenvalue weighted by atomic mass is 10.1. The number of fused-ring (bicyclic) bond motifs is 1. The molecule has 2 aromatic rings. The Labute approximate surface area is 140 Å². The van der Waals surface area contributed by atoms with Crippen LogP contribution < -0.4 is 19.7 Å². The quantitative estimate of drug-likeness (QED) is 0.926. The van der Waals surface area contributed by atoms with E-state index >= 15 is 0 Å². The highest BCUT2D eigenvalue weighted by atomic mass is 35.5. The molecule has 6 heteroatoms. The van der Waals surface area contributed by atoms with Crippen molar-refractivity contribution in [3.63, 3.8) is 0 Å². The molecule has 3 rings (SSSR count). The maximum absolute atomic E-state index is 6.09. The Kier molecular flexibility index (Phi) is 4.30. The Bertz CT molecular complexity index is 749. The number of halogens is 1. The van der Waals surface area contributed by atoms with E-state index in [1.54, 1.807) is 20.6 Å². The van der Waals surface area contributed by atoms with Crippen LogP contribution in [0.3, 0.4) is 0 Å². The van der Waals surface area contributed by atoms with Crippen molar-refractivity contribution in [1.29, 1.82) is 0 Å². The van der Waals surface area contributed by atoms with Gasteiger partial charge in [-0.2, -0.15) is 0 Å². The molecule has 1 aliphatic rings. The van der Waals surface area contributed by atoms with Gasteiger partial charge in [0.05, 0.1) is 26.2 Å². The molecular formula is C17H17ClN3O2. The summed E-state index contributed by atoms with van der Waals surface area (Å²) < 4.78 is 10.7. The lowest BCUT2D eigenvalue weighted by molar-refractivity contribution is 0.355. The van der Waals surface area contributed by atoms with Crippen LogP contribution in [0.4, 0.5) is 11.4 Å². The SMILES string of the molecule is COc1cc2c(cc1OC)[C](N(C)c1cccc(Cl)c1)N=CN2. The van der Waals surface area contributed by atoms with Crippen molar-refractivity contribution < 1.29 is 9.47 Å². The van der Waals surface area contributed by atoms with Gasteiger partial charge in [0.2, 0.25) is 6.17 Å². The molecule has 1 aliphatic heterocycles. The van der Waals surface area contributed by atoms with Crippen LogP contribution in [0, 0.1) is 6.17 Å². The molecule has 0 saturated heterocycles. The Hall–Kier alpha value is -2.40. The van der Waals surface area contributed by atoms with Gasteiger partial charge >= 0.3 is 0 Å². The normalized spacial score (nSPS) is 13.2. The lowest BCUT2D eigenvalue weighted by Crippen LogP contribution is -2.27. The second-order valence-corrected chi connectivity index (χ2v) is 5.45. The van der Waals surface area contributed by atoms with Crippen molar-refractivity contribution in [2.75, 3.05) is 31.5 Å². The molecular weight excluding hydrogens is 314 g/mol. The standard InChI is InChI=1S/C17H17ClN3O2/c1-21(12-6-4-5-11(18)7-12)17-13-8-15(22-2)16(23-3)9-14(13)19-10-20-17/h4-10H,1-3H3,(H,19,20). The fraction of sp³-hybridized carbons (Fsp3) is 0.176. The molecule has 0 unspecified atom stereocenters. The average Bonchev–Trinajstić information content (AvgIpc) is 2.59. The molecule has 0 aromatic heterocycles. The van der Waals surface area contributed by atoms with E-state index in [4.69, 9.17) is 21.1 Å². The molecule has 0 aliphatic carbocycles. The van der Waals surface area contributed by atoms with Crippen molar-refractivity contribution in [1.82, 2.24) is 0 Å². The first-order valence-electron chi connectivity index (χ1n) is 7.05. The van der Waals surface area contributed by atoms with Gasteiger partial charge in [-0.1, -0.05) is 17.7 Å². The summed E-state index contributed by atoms with van der Waals surface area (Å²) >= 11 is 6.09. The van der Waals surface area contributed by atoms with Crippen LogP contribution in [0.15, 0.2) is 41.4 Å². The van der Waals surface area contributed by atoms with Crippen LogP contribution in [0.5, 0.6) is 11.5 Å². The zero-order valence-electron chi connectivity index (χ0n) is 13.1. The summed E-state index contributed by atoms with van der Waals surface area (Å²) in [6, 6.07) is 11.4. The second kappa shape index (κ2) is 6.38. The van der Waals surface area contributed by atoms with Gasteiger partial charge in [-0.3, -0.25) is 0 Å². The fourth-order valence-electron chi connectivity index (χ4n) is 2.49. The van der Waals surface area contributed by atoms with Crippen LogP contribution in [0.25, 0.3) is 0 Å². The van der Waals surface area contributed by atoms with E-state index in [0.29, 0.717) is 16.5 Å². The number of hydrogen-bond acceptors (Lipinski definition) is 5. The zero-order chi connectivity index (χ0) is 16.4. The minimum Gasteiger partial charge on any atom is -0.493 e. The number of aliphatic imine (C=N–C) groups is 1. The Morgan fingerprint density at radius 2 is 1.83 bits per heavy atom. The summed E-state index contributed by atoms with van der Waals surface area (Å²) in [5.41, 5.74) is 2.78. The van der Waals surface area contributed by atoms with Crippen LogP contribution >= 0.6 is 11.6 Å². The molecule has 1 radical (unpaired) electrons. The number of methoxy groups -OCH3 is 2. The molecule has 0 fully saturated rings. The molecule has 0 atom stereocenters. The van der Waals surface area contributed by atoms with Gasteiger partial charge in [-0.15, -0.1) is 0 Å². The summed E-state index contributed by atoms with van der Waals surface area (Å²) in [6.07, 6.45) is 2.45. The van der Waals surface area contributed by atoms with Crippen molar-refractivity contribution in [2.45, 2.75) is 0 Å². The molecule has 2 aromatic carbocycles. The number of ether oxygens (including phenoxy) is 2. The third kappa shape index (κ3) is 2.92. The first-order chi connectivity index (χ1) is 11.1. The minimum atomic E-state index is 0.655. The molecule has 1 N–H and O–H groups in total. The third-order valence-electron chi connectivity index (χ3n) is 3.68. The molecule has 1 heterocycles. The molecule has 23 heavy (non-hydrogen) atoms. The van der Waals surface area contributed by atoms with Gasteiger partial charge in [0.25, 0.3) is 0 Å². The second-order valence-electron chi connectivity index (χ2n) is 5.02. The highest BCUT2D eigenvalue weighted by Crippen LogP contribution is 2.40. The number of nitrogens with one attached hydrogen (secondary N) is 1. The average molecular weight is 331 g/mol. The van der Waals surface area contributed by atoms with Crippen molar-refractivity contribution in [3.05, 3.63) is 53.2 Å². The van der Waals surface area contributed by atoms with Crippen LogP contribution in [-0.2, 0) is 0 Å². The van der Waals surface area contributed by atoms with Crippen LogP contribution in [0.1, 0.15) is 5.56 Å². The van der Waals surface area contributed by atoms with E-state index in [9.17, 15) is 0 Å². The lowest BCUT2D eigenvalue weighted by Gasteiger charge is -2.30. The van der Waals surface area contributed by atoms with E-state index in [1.807, 2.05) is 48.3 Å². The highest BCUT2D eigenvalue weighted by molar-refractivity contribution is 6.30. The molecule has 0 spiro atoms. The van der Waals surface area contributed by atoms with Gasteiger partial charge in [0.1, 0.15) is 0 Å². The largest absolute Gasteiger partial charge is 0.493 e. The van der Waals surface area contributed by atoms with Gasteiger partial charge in [0.15, 0.2) is 11.5 Å². The summed E-state index contributed by atoms with van der Waals surface area (Å²) in [5.74, 6) is 1.32. The van der Waals surface area contributed by atoms with E-state index < -0.39 is 0 Å². The number of rotatable bonds is 4. The molecule has 119 valence electrons. The molecule has 0 amide bonds. The van der Waals surface area contributed by atoms with Crippen molar-refractivity contribution in [3.8, 4) is 11.5 Å². The highest BCUT2D eigenvalue weighted by Gasteiger charge is 2.26. The maximum Gasteiger partial charge on any atom is 0.210 e. The van der Waals surface area contributed by atoms with E-state index in [-0.39, 0.29) is 0 Å². The van der Waals surface area contributed by atoms with Crippen LogP contribution in [-0.4, -0.2) is 27.6 Å². The predicted molar refractivity (Wildman–Crippen MR) is 93.9 cm³/mol. The third-order valence-corrected chi connectivity index (χ3v) is 3.92. The fourth-order valence-corrected chi connectivity index (χ4v) is 2.67. The van der Waals surface area contributed by atoms with Gasteiger partial charge < -0.3 is 19.7 Å². The number of nitrogens with zero attached hydrogens (tertiary/aromatic N) is 2. The van der Waals surface area contributed by atoms with Crippen LogP contribution in [0.2, 0.25) is 5.02 Å². The summed E-state index contributed by atoms with van der Waals surface area (Å²) in [7, 11) is 5.18. The Balaban J connectivity index is 2.02. The first kappa shape index (κ1) is 15.5. The summed E-state index contributed by atoms with van der Waals surface area (Å²) in [4.78, 5) is 6.45. The van der Waals surface area contributed by atoms with E-state index in [1.165, 1.54) is 0 Å². The van der Waals surface area contributed by atoms with Crippen molar-refractivity contribution in [2.24, 2.45) is 4.99 Å². The first-order valence-corrected chi connectivity index (χ1v) is 7.43. The summed E-state index contributed by atoms with van der Waals surface area (Å²) in [5, 5.41) is 3.82. The maximum atomic E-state index is 6.09. The van der Waals surface area contributed by atoms with Gasteiger partial charge in [0, 0.05) is 29.4 Å². The molecule has 0 bridgehead atoms. The number of benzene rings is 2. The topological polar surface area (TPSA) is 46.1 Å². The zero-order valence-corrected chi connectivity index (χ0v) is 13.9.